The van der Waals surface area contributed by atoms with Crippen molar-refractivity contribution >= 4 is 11.7 Å². The van der Waals surface area contributed by atoms with Crippen LogP contribution in [0.4, 0.5) is 5.69 Å². The summed E-state index contributed by atoms with van der Waals surface area (Å²) in [7, 11) is 0. The molecule has 1 N–H and O–H groups in total. The third-order valence-electron chi connectivity index (χ3n) is 3.07. The summed E-state index contributed by atoms with van der Waals surface area (Å²) in [5.41, 5.74) is 2.19. The van der Waals surface area contributed by atoms with E-state index in [0.29, 0.717) is 0 Å². The molecule has 0 bridgehead atoms. The first-order valence-corrected chi connectivity index (χ1v) is 6.29. The number of hydrogen-bond donors (Lipinski definition) is 1. The zero-order valence-electron chi connectivity index (χ0n) is 11.1. The highest BCUT2D eigenvalue weighted by Gasteiger charge is 2.07. The van der Waals surface area contributed by atoms with Crippen LogP contribution in [0.1, 0.15) is 24.2 Å². The average molecular weight is 259 g/mol. The van der Waals surface area contributed by atoms with Gasteiger partial charge in [-0.2, -0.15) is 5.10 Å². The molecule has 19 heavy (non-hydrogen) atoms. The van der Waals surface area contributed by atoms with Gasteiger partial charge in [-0.1, -0.05) is 0 Å². The minimum absolute atomic E-state index is 0.188. The van der Waals surface area contributed by atoms with Gasteiger partial charge in [0.1, 0.15) is 0 Å². The molecule has 0 atom stereocenters. The van der Waals surface area contributed by atoms with Crippen LogP contribution in [-0.2, 0) is 0 Å². The molecule has 0 spiro atoms. The summed E-state index contributed by atoms with van der Waals surface area (Å²) in [6.07, 6.45) is 2.86. The molecule has 1 aromatic carbocycles. The Bertz CT molecular complexity index is 556. The van der Waals surface area contributed by atoms with Gasteiger partial charge in [-0.15, -0.1) is 0 Å². The molecule has 0 amide bonds. The summed E-state index contributed by atoms with van der Waals surface area (Å²) in [5, 5.41) is 12.9. The smallest absolute Gasteiger partial charge is 0.338 e. The second-order valence-electron chi connectivity index (χ2n) is 4.17. The van der Waals surface area contributed by atoms with Crippen LogP contribution in [-0.4, -0.2) is 33.9 Å². The Morgan fingerprint density at radius 1 is 1.26 bits per heavy atom. The maximum absolute atomic E-state index is 10.8. The predicted octanol–water partition coefficient (Wildman–Crippen LogP) is 2.42. The van der Waals surface area contributed by atoms with Crippen molar-refractivity contribution in [2.24, 2.45) is 0 Å². The Morgan fingerprint density at radius 2 is 1.89 bits per heavy atom. The van der Waals surface area contributed by atoms with E-state index >= 15 is 0 Å². The summed E-state index contributed by atoms with van der Waals surface area (Å²) in [5.74, 6) is -0.967. The van der Waals surface area contributed by atoms with E-state index in [-0.39, 0.29) is 5.56 Å². The fourth-order valence-corrected chi connectivity index (χ4v) is 1.98. The Balaban J connectivity index is 2.24. The molecule has 1 aromatic heterocycles. The van der Waals surface area contributed by atoms with Gasteiger partial charge in [0.05, 0.1) is 17.4 Å². The van der Waals surface area contributed by atoms with Gasteiger partial charge in [-0.05, 0) is 38.1 Å². The molecular weight excluding hydrogens is 242 g/mol. The summed E-state index contributed by atoms with van der Waals surface area (Å²) < 4.78 is 1.56. The Morgan fingerprint density at radius 3 is 2.37 bits per heavy atom. The molecule has 0 saturated carbocycles. The third-order valence-corrected chi connectivity index (χ3v) is 3.07. The van der Waals surface area contributed by atoms with Gasteiger partial charge in [0, 0.05) is 25.0 Å². The van der Waals surface area contributed by atoms with Crippen LogP contribution in [0.3, 0.4) is 0 Å². The molecule has 0 aliphatic carbocycles. The number of hydrogen-bond acceptors (Lipinski definition) is 3. The topological polar surface area (TPSA) is 58.4 Å². The van der Waals surface area contributed by atoms with Gasteiger partial charge in [0.15, 0.2) is 0 Å². The van der Waals surface area contributed by atoms with Gasteiger partial charge in [0.25, 0.3) is 0 Å². The normalized spacial score (nSPS) is 10.4. The SMILES string of the molecule is CCN(CC)c1ccc(-n2cc(C(=O)O)cn2)cc1. The van der Waals surface area contributed by atoms with E-state index in [1.54, 1.807) is 4.68 Å². The van der Waals surface area contributed by atoms with Crippen LogP contribution in [0.15, 0.2) is 36.7 Å². The van der Waals surface area contributed by atoms with E-state index in [4.69, 9.17) is 5.11 Å². The van der Waals surface area contributed by atoms with Crippen molar-refractivity contribution in [3.05, 3.63) is 42.2 Å². The largest absolute Gasteiger partial charge is 0.478 e. The van der Waals surface area contributed by atoms with E-state index in [0.717, 1.165) is 24.5 Å². The molecule has 0 aliphatic rings. The molecule has 0 fully saturated rings. The maximum atomic E-state index is 10.8. The Hall–Kier alpha value is -2.30. The van der Waals surface area contributed by atoms with Crippen molar-refractivity contribution < 1.29 is 9.90 Å². The molecule has 2 aromatic rings. The fourth-order valence-electron chi connectivity index (χ4n) is 1.98. The van der Waals surface area contributed by atoms with Crippen molar-refractivity contribution in [1.82, 2.24) is 9.78 Å². The zero-order chi connectivity index (χ0) is 13.8. The lowest BCUT2D eigenvalue weighted by Gasteiger charge is -2.21. The second-order valence-corrected chi connectivity index (χ2v) is 4.17. The van der Waals surface area contributed by atoms with Crippen LogP contribution in [0.5, 0.6) is 0 Å². The van der Waals surface area contributed by atoms with E-state index in [1.165, 1.54) is 12.4 Å². The van der Waals surface area contributed by atoms with Gasteiger partial charge >= 0.3 is 5.97 Å². The van der Waals surface area contributed by atoms with E-state index in [9.17, 15) is 4.79 Å². The summed E-state index contributed by atoms with van der Waals surface area (Å²) >= 11 is 0. The first kappa shape index (κ1) is 13.1. The monoisotopic (exact) mass is 259 g/mol. The first-order valence-electron chi connectivity index (χ1n) is 6.29. The van der Waals surface area contributed by atoms with Crippen LogP contribution < -0.4 is 4.90 Å². The number of nitrogens with zero attached hydrogens (tertiary/aromatic N) is 3. The lowest BCUT2D eigenvalue weighted by atomic mass is 10.2. The van der Waals surface area contributed by atoms with Crippen molar-refractivity contribution in [2.75, 3.05) is 18.0 Å². The van der Waals surface area contributed by atoms with Crippen molar-refractivity contribution in [1.29, 1.82) is 0 Å². The van der Waals surface area contributed by atoms with Crippen molar-refractivity contribution in [3.8, 4) is 5.69 Å². The number of carboxylic acid groups (broad SMARTS) is 1. The van der Waals surface area contributed by atoms with Crippen LogP contribution in [0.2, 0.25) is 0 Å². The van der Waals surface area contributed by atoms with Gasteiger partial charge in [0.2, 0.25) is 0 Å². The van der Waals surface area contributed by atoms with Gasteiger partial charge in [-0.3, -0.25) is 0 Å². The molecule has 0 saturated heterocycles. The molecule has 0 radical (unpaired) electrons. The first-order chi connectivity index (χ1) is 9.15. The fraction of sp³-hybridized carbons (Fsp3) is 0.286. The van der Waals surface area contributed by atoms with E-state index in [2.05, 4.69) is 23.8 Å². The maximum Gasteiger partial charge on any atom is 0.338 e. The molecule has 100 valence electrons. The molecule has 0 aliphatic heterocycles. The highest BCUT2D eigenvalue weighted by molar-refractivity contribution is 5.86. The number of benzene rings is 1. The standard InChI is InChI=1S/C14H17N3O2/c1-3-16(4-2)12-5-7-13(8-6-12)17-10-11(9-15-17)14(18)19/h5-10H,3-4H2,1-2H3,(H,18,19). The van der Waals surface area contributed by atoms with E-state index < -0.39 is 5.97 Å². The highest BCUT2D eigenvalue weighted by Crippen LogP contribution is 2.17. The van der Waals surface area contributed by atoms with Crippen molar-refractivity contribution in [3.63, 3.8) is 0 Å². The number of carboxylic acids is 1. The van der Waals surface area contributed by atoms with Gasteiger partial charge in [-0.25, -0.2) is 9.48 Å². The lowest BCUT2D eigenvalue weighted by Crippen LogP contribution is -2.21. The molecule has 5 nitrogen and oxygen atoms in total. The van der Waals surface area contributed by atoms with Crippen molar-refractivity contribution in [2.45, 2.75) is 13.8 Å². The summed E-state index contributed by atoms with van der Waals surface area (Å²) in [4.78, 5) is 13.1. The average Bonchev–Trinajstić information content (AvgIpc) is 2.91. The lowest BCUT2D eigenvalue weighted by molar-refractivity contribution is 0.0697. The molecule has 5 heteroatoms. The number of aromatic carboxylic acids is 1. The summed E-state index contributed by atoms with van der Waals surface area (Å²) in [6, 6.07) is 7.91. The number of aromatic nitrogens is 2. The summed E-state index contributed by atoms with van der Waals surface area (Å²) in [6.45, 7) is 6.15. The zero-order valence-corrected chi connectivity index (χ0v) is 11.1. The highest BCUT2D eigenvalue weighted by atomic mass is 16.4. The number of anilines is 1. The van der Waals surface area contributed by atoms with Crippen LogP contribution in [0, 0.1) is 0 Å². The molecular formula is C14H17N3O2. The quantitative estimate of drug-likeness (QED) is 0.895. The Labute approximate surface area is 112 Å². The van der Waals surface area contributed by atoms with Crippen LogP contribution in [0.25, 0.3) is 5.69 Å². The minimum Gasteiger partial charge on any atom is -0.478 e. The third kappa shape index (κ3) is 2.76. The van der Waals surface area contributed by atoms with Gasteiger partial charge < -0.3 is 10.0 Å². The molecule has 2 rings (SSSR count). The Kier molecular flexibility index (Phi) is 3.85. The molecule has 1 heterocycles. The van der Waals surface area contributed by atoms with Crippen LogP contribution >= 0.6 is 0 Å². The second kappa shape index (κ2) is 5.56. The number of carbonyl (C=O) groups is 1. The minimum atomic E-state index is -0.967. The molecule has 0 unspecified atom stereocenters. The van der Waals surface area contributed by atoms with E-state index in [1.807, 2.05) is 24.3 Å². The predicted molar refractivity (Wildman–Crippen MR) is 74.1 cm³/mol. The number of rotatable bonds is 5.